The van der Waals surface area contributed by atoms with Crippen LogP contribution in [-0.2, 0) is 15.0 Å². The Hall–Kier alpha value is -2.57. The van der Waals surface area contributed by atoms with E-state index in [1.165, 1.54) is 0 Å². The molecule has 7 nitrogen and oxygen atoms in total. The van der Waals surface area contributed by atoms with E-state index < -0.39 is 5.41 Å². The molecule has 4 rings (SSSR count). The number of carbonyl (C=O) groups is 2. The minimum absolute atomic E-state index is 0.0738. The Bertz CT molecular complexity index is 753. The number of hydrogen-bond acceptors (Lipinski definition) is 5. The molecule has 0 unspecified atom stereocenters. The van der Waals surface area contributed by atoms with E-state index in [1.807, 2.05) is 4.90 Å². The third-order valence-electron chi connectivity index (χ3n) is 5.11. The number of furan rings is 1. The van der Waals surface area contributed by atoms with Crippen molar-refractivity contribution in [3.05, 3.63) is 30.2 Å². The Labute approximate surface area is 138 Å². The van der Waals surface area contributed by atoms with Gasteiger partial charge < -0.3 is 19.6 Å². The second kappa shape index (κ2) is 5.51. The maximum atomic E-state index is 13.0. The molecule has 2 fully saturated rings. The summed E-state index contributed by atoms with van der Waals surface area (Å²) in [5.74, 6) is 0.801. The summed E-state index contributed by atoms with van der Waals surface area (Å²) in [6, 6.07) is 5.36. The van der Waals surface area contributed by atoms with Gasteiger partial charge in [0.2, 0.25) is 17.6 Å². The first-order valence-corrected chi connectivity index (χ1v) is 8.20. The molecule has 0 atom stereocenters. The fraction of sp³-hybridized carbons (Fsp3) is 0.471. The van der Waals surface area contributed by atoms with E-state index >= 15 is 0 Å². The van der Waals surface area contributed by atoms with E-state index in [-0.39, 0.29) is 17.7 Å². The van der Waals surface area contributed by atoms with Crippen LogP contribution in [0.1, 0.15) is 31.4 Å². The quantitative estimate of drug-likeness (QED) is 0.919. The molecule has 0 bridgehead atoms. The zero-order chi connectivity index (χ0) is 16.7. The fourth-order valence-corrected chi connectivity index (χ4v) is 3.41. The third-order valence-corrected chi connectivity index (χ3v) is 5.11. The molecule has 24 heavy (non-hydrogen) atoms. The van der Waals surface area contributed by atoms with Crippen LogP contribution in [0.4, 0.5) is 0 Å². The summed E-state index contributed by atoms with van der Waals surface area (Å²) in [4.78, 5) is 26.1. The van der Waals surface area contributed by atoms with Crippen molar-refractivity contribution in [3.63, 3.8) is 0 Å². The third kappa shape index (κ3) is 2.40. The predicted octanol–water partition coefficient (Wildman–Crippen LogP) is 1.69. The minimum Gasteiger partial charge on any atom is -0.461 e. The Kier molecular flexibility index (Phi) is 3.44. The average Bonchev–Trinajstić information content (AvgIpc) is 3.03. The van der Waals surface area contributed by atoms with E-state index in [0.717, 1.165) is 12.8 Å². The first kappa shape index (κ1) is 15.0. The number of rotatable bonds is 4. The van der Waals surface area contributed by atoms with Crippen molar-refractivity contribution in [1.29, 1.82) is 0 Å². The largest absolute Gasteiger partial charge is 0.461 e. The normalized spacial score (nSPS) is 20.1. The number of aromatic nitrogens is 1. The number of piperidine rings is 1. The van der Waals surface area contributed by atoms with Crippen LogP contribution in [0.3, 0.4) is 0 Å². The highest BCUT2D eigenvalue weighted by atomic mass is 16.5. The van der Waals surface area contributed by atoms with Gasteiger partial charge in [-0.15, -0.1) is 0 Å². The molecule has 7 heteroatoms. The molecule has 0 aromatic carbocycles. The second-order valence-electron chi connectivity index (χ2n) is 6.60. The van der Waals surface area contributed by atoms with Gasteiger partial charge in [-0.25, -0.2) is 0 Å². The SMILES string of the molecule is NC(=O)C1CCN(C(=O)C2(c3cc(-c4ccco4)on3)CC2)CC1. The molecule has 0 radical (unpaired) electrons. The Morgan fingerprint density at radius 1 is 1.25 bits per heavy atom. The number of carbonyl (C=O) groups excluding carboxylic acids is 2. The van der Waals surface area contributed by atoms with Crippen LogP contribution in [0, 0.1) is 5.92 Å². The maximum absolute atomic E-state index is 13.0. The van der Waals surface area contributed by atoms with Crippen LogP contribution < -0.4 is 5.73 Å². The van der Waals surface area contributed by atoms with E-state index in [1.54, 1.807) is 24.5 Å². The Morgan fingerprint density at radius 3 is 2.58 bits per heavy atom. The fourth-order valence-electron chi connectivity index (χ4n) is 3.41. The lowest BCUT2D eigenvalue weighted by atomic mass is 9.93. The molecule has 0 spiro atoms. The smallest absolute Gasteiger partial charge is 0.234 e. The van der Waals surface area contributed by atoms with Gasteiger partial charge in [0.25, 0.3) is 0 Å². The lowest BCUT2D eigenvalue weighted by Gasteiger charge is -2.32. The summed E-state index contributed by atoms with van der Waals surface area (Å²) in [6.45, 7) is 1.13. The minimum atomic E-state index is -0.575. The Morgan fingerprint density at radius 2 is 2.00 bits per heavy atom. The van der Waals surface area contributed by atoms with Crippen molar-refractivity contribution >= 4 is 11.8 Å². The standard InChI is InChI=1S/C17H19N3O4/c18-15(21)11-3-7-20(8-4-11)16(22)17(5-6-17)14-10-13(24-19-14)12-2-1-9-23-12/h1-2,9-11H,3-8H2,(H2,18,21). The summed E-state index contributed by atoms with van der Waals surface area (Å²) in [6.07, 6.45) is 4.37. The summed E-state index contributed by atoms with van der Waals surface area (Å²) in [7, 11) is 0. The average molecular weight is 329 g/mol. The molecule has 2 aromatic rings. The lowest BCUT2D eigenvalue weighted by Crippen LogP contribution is -2.46. The van der Waals surface area contributed by atoms with Gasteiger partial charge in [0.05, 0.1) is 17.4 Å². The van der Waals surface area contributed by atoms with E-state index in [2.05, 4.69) is 5.16 Å². The van der Waals surface area contributed by atoms with Gasteiger partial charge in [-0.05, 0) is 37.8 Å². The molecular weight excluding hydrogens is 310 g/mol. The van der Waals surface area contributed by atoms with Gasteiger partial charge in [-0.3, -0.25) is 9.59 Å². The number of likely N-dealkylation sites (tertiary alicyclic amines) is 1. The number of nitrogens with zero attached hydrogens (tertiary/aromatic N) is 2. The zero-order valence-electron chi connectivity index (χ0n) is 13.2. The zero-order valence-corrected chi connectivity index (χ0v) is 13.2. The van der Waals surface area contributed by atoms with Gasteiger partial charge in [-0.2, -0.15) is 0 Å². The van der Waals surface area contributed by atoms with Crippen LogP contribution in [0.25, 0.3) is 11.5 Å². The number of amides is 2. The second-order valence-corrected chi connectivity index (χ2v) is 6.60. The van der Waals surface area contributed by atoms with Crippen molar-refractivity contribution < 1.29 is 18.5 Å². The van der Waals surface area contributed by atoms with Crippen molar-refractivity contribution in [2.75, 3.05) is 13.1 Å². The first-order chi connectivity index (χ1) is 11.6. The van der Waals surface area contributed by atoms with Crippen LogP contribution >= 0.6 is 0 Å². The predicted molar refractivity (Wildman–Crippen MR) is 83.6 cm³/mol. The number of hydrogen-bond donors (Lipinski definition) is 1. The Balaban J connectivity index is 1.49. The first-order valence-electron chi connectivity index (χ1n) is 8.20. The monoisotopic (exact) mass is 329 g/mol. The van der Waals surface area contributed by atoms with E-state index in [9.17, 15) is 9.59 Å². The van der Waals surface area contributed by atoms with Crippen molar-refractivity contribution in [2.45, 2.75) is 31.1 Å². The van der Waals surface area contributed by atoms with Crippen molar-refractivity contribution in [2.24, 2.45) is 11.7 Å². The van der Waals surface area contributed by atoms with Crippen LogP contribution in [0.15, 0.2) is 33.4 Å². The van der Waals surface area contributed by atoms with Gasteiger partial charge in [0.15, 0.2) is 5.76 Å². The molecule has 3 heterocycles. The molecule has 1 aliphatic heterocycles. The molecule has 1 saturated heterocycles. The topological polar surface area (TPSA) is 103 Å². The number of nitrogens with two attached hydrogens (primary N) is 1. The summed E-state index contributed by atoms with van der Waals surface area (Å²) in [5.41, 5.74) is 5.44. The van der Waals surface area contributed by atoms with Crippen LogP contribution in [-0.4, -0.2) is 35.0 Å². The molecule has 1 saturated carbocycles. The highest BCUT2D eigenvalue weighted by molar-refractivity contribution is 5.91. The van der Waals surface area contributed by atoms with Crippen LogP contribution in [0.2, 0.25) is 0 Å². The van der Waals surface area contributed by atoms with Gasteiger partial charge in [-0.1, -0.05) is 5.16 Å². The molecule has 2 amide bonds. The van der Waals surface area contributed by atoms with Gasteiger partial charge >= 0.3 is 0 Å². The summed E-state index contributed by atoms with van der Waals surface area (Å²) < 4.78 is 10.6. The number of primary amides is 1. The van der Waals surface area contributed by atoms with Crippen molar-refractivity contribution in [3.8, 4) is 11.5 Å². The van der Waals surface area contributed by atoms with Gasteiger partial charge in [0, 0.05) is 25.1 Å². The summed E-state index contributed by atoms with van der Waals surface area (Å²) >= 11 is 0. The molecular formula is C17H19N3O4. The highest BCUT2D eigenvalue weighted by Gasteiger charge is 2.55. The maximum Gasteiger partial charge on any atom is 0.234 e. The van der Waals surface area contributed by atoms with Crippen molar-refractivity contribution in [1.82, 2.24) is 10.1 Å². The molecule has 126 valence electrons. The summed E-state index contributed by atoms with van der Waals surface area (Å²) in [5, 5.41) is 4.11. The van der Waals surface area contributed by atoms with E-state index in [4.69, 9.17) is 14.7 Å². The lowest BCUT2D eigenvalue weighted by molar-refractivity contribution is -0.137. The highest BCUT2D eigenvalue weighted by Crippen LogP contribution is 2.50. The molecule has 1 aliphatic carbocycles. The molecule has 2 aliphatic rings. The molecule has 2 aromatic heterocycles. The van der Waals surface area contributed by atoms with E-state index in [0.29, 0.717) is 43.1 Å². The molecule has 2 N–H and O–H groups in total. The van der Waals surface area contributed by atoms with Gasteiger partial charge in [0.1, 0.15) is 0 Å². The van der Waals surface area contributed by atoms with Crippen LogP contribution in [0.5, 0.6) is 0 Å².